The summed E-state index contributed by atoms with van der Waals surface area (Å²) in [6.07, 6.45) is 0. The molecule has 3 N–H and O–H groups in total. The molecular weight excluding hydrogens is 150 g/mol. The Morgan fingerprint density at radius 1 is 1.50 bits per heavy atom. The molecule has 0 aliphatic carbocycles. The first-order valence-corrected chi connectivity index (χ1v) is 3.70. The Morgan fingerprint density at radius 2 is 2.25 bits per heavy atom. The first kappa shape index (κ1) is 8.63. The second-order valence-electron chi connectivity index (χ2n) is 2.48. The van der Waals surface area contributed by atoms with Crippen LogP contribution < -0.4 is 5.73 Å². The van der Waals surface area contributed by atoms with Crippen LogP contribution in [0.2, 0.25) is 0 Å². The van der Waals surface area contributed by atoms with E-state index in [1.54, 1.807) is 0 Å². The SMILES string of the molecule is Cc1c(N)cccc1C#CCO. The maximum atomic E-state index is 8.48. The molecule has 0 heterocycles. The average molecular weight is 161 g/mol. The van der Waals surface area contributed by atoms with E-state index in [-0.39, 0.29) is 6.61 Å². The van der Waals surface area contributed by atoms with E-state index in [1.165, 1.54) is 0 Å². The Balaban J connectivity index is 3.08. The highest BCUT2D eigenvalue weighted by molar-refractivity contribution is 5.55. The van der Waals surface area contributed by atoms with Crippen molar-refractivity contribution in [3.05, 3.63) is 29.3 Å². The zero-order chi connectivity index (χ0) is 8.97. The van der Waals surface area contributed by atoms with Crippen molar-refractivity contribution in [1.29, 1.82) is 0 Å². The Bertz CT molecular complexity index is 333. The molecule has 1 aromatic rings. The maximum absolute atomic E-state index is 8.48. The third kappa shape index (κ3) is 1.77. The van der Waals surface area contributed by atoms with Gasteiger partial charge in [-0.1, -0.05) is 17.9 Å². The lowest BCUT2D eigenvalue weighted by molar-refractivity contribution is 0.350. The summed E-state index contributed by atoms with van der Waals surface area (Å²) < 4.78 is 0. The molecule has 0 aliphatic heterocycles. The van der Waals surface area contributed by atoms with E-state index in [1.807, 2.05) is 25.1 Å². The number of hydrogen-bond donors (Lipinski definition) is 2. The topological polar surface area (TPSA) is 46.2 Å². The number of nitrogens with two attached hydrogens (primary N) is 1. The van der Waals surface area contributed by atoms with Crippen molar-refractivity contribution in [3.8, 4) is 11.8 Å². The summed E-state index contributed by atoms with van der Waals surface area (Å²) in [5.74, 6) is 5.41. The lowest BCUT2D eigenvalue weighted by atomic mass is 10.1. The fourth-order valence-electron chi connectivity index (χ4n) is 0.924. The van der Waals surface area contributed by atoms with Gasteiger partial charge >= 0.3 is 0 Å². The normalized spacial score (nSPS) is 8.83. The Hall–Kier alpha value is -1.46. The molecule has 0 aromatic heterocycles. The number of hydrogen-bond acceptors (Lipinski definition) is 2. The van der Waals surface area contributed by atoms with E-state index in [0.717, 1.165) is 16.8 Å². The van der Waals surface area contributed by atoms with E-state index in [4.69, 9.17) is 10.8 Å². The molecule has 2 nitrogen and oxygen atoms in total. The van der Waals surface area contributed by atoms with Gasteiger partial charge in [-0.25, -0.2) is 0 Å². The predicted octanol–water partition coefficient (Wildman–Crippen LogP) is 0.921. The van der Waals surface area contributed by atoms with E-state index in [0.29, 0.717) is 0 Å². The van der Waals surface area contributed by atoms with Gasteiger partial charge in [-0.15, -0.1) is 0 Å². The van der Waals surface area contributed by atoms with E-state index in [9.17, 15) is 0 Å². The third-order valence-corrected chi connectivity index (χ3v) is 1.68. The van der Waals surface area contributed by atoms with Crippen LogP contribution in [0.15, 0.2) is 18.2 Å². The molecule has 1 rings (SSSR count). The van der Waals surface area contributed by atoms with Gasteiger partial charge in [0.1, 0.15) is 6.61 Å². The van der Waals surface area contributed by atoms with Crippen LogP contribution in [0.1, 0.15) is 11.1 Å². The van der Waals surface area contributed by atoms with Gasteiger partial charge in [-0.2, -0.15) is 0 Å². The second kappa shape index (κ2) is 3.80. The molecule has 0 saturated carbocycles. The van der Waals surface area contributed by atoms with Gasteiger partial charge in [0.25, 0.3) is 0 Å². The number of benzene rings is 1. The molecular formula is C10H11NO. The molecule has 0 atom stereocenters. The Kier molecular flexibility index (Phi) is 2.73. The average Bonchev–Trinajstić information content (AvgIpc) is 2.08. The number of rotatable bonds is 0. The fraction of sp³-hybridized carbons (Fsp3) is 0.200. The largest absolute Gasteiger partial charge is 0.398 e. The van der Waals surface area contributed by atoms with E-state index >= 15 is 0 Å². The lowest BCUT2D eigenvalue weighted by Crippen LogP contribution is -1.91. The smallest absolute Gasteiger partial charge is 0.104 e. The minimum Gasteiger partial charge on any atom is -0.398 e. The molecule has 62 valence electrons. The van der Waals surface area contributed by atoms with Gasteiger partial charge < -0.3 is 10.8 Å². The fourth-order valence-corrected chi connectivity index (χ4v) is 0.924. The van der Waals surface area contributed by atoms with Crippen LogP contribution in [0.4, 0.5) is 5.69 Å². The Labute approximate surface area is 72.0 Å². The van der Waals surface area contributed by atoms with Crippen molar-refractivity contribution in [2.45, 2.75) is 6.92 Å². The van der Waals surface area contributed by atoms with Gasteiger partial charge in [0.15, 0.2) is 0 Å². The summed E-state index contributed by atoms with van der Waals surface area (Å²) in [5, 5.41) is 8.48. The summed E-state index contributed by atoms with van der Waals surface area (Å²) in [7, 11) is 0. The van der Waals surface area contributed by atoms with Crippen LogP contribution in [-0.4, -0.2) is 11.7 Å². The van der Waals surface area contributed by atoms with Gasteiger partial charge in [0, 0.05) is 11.3 Å². The van der Waals surface area contributed by atoms with Crippen molar-refractivity contribution in [2.75, 3.05) is 12.3 Å². The molecule has 0 unspecified atom stereocenters. The monoisotopic (exact) mass is 161 g/mol. The molecule has 0 saturated heterocycles. The van der Waals surface area contributed by atoms with Crippen LogP contribution >= 0.6 is 0 Å². The van der Waals surface area contributed by atoms with Crippen LogP contribution in [-0.2, 0) is 0 Å². The van der Waals surface area contributed by atoms with Crippen LogP contribution in [0, 0.1) is 18.8 Å². The number of aliphatic hydroxyl groups is 1. The molecule has 2 heteroatoms. The van der Waals surface area contributed by atoms with Crippen molar-refractivity contribution in [2.24, 2.45) is 0 Å². The lowest BCUT2D eigenvalue weighted by Gasteiger charge is -2.00. The standard InChI is InChI=1S/C10H11NO/c1-8-9(5-3-7-12)4-2-6-10(8)11/h2,4,6,12H,7,11H2,1H3. The van der Waals surface area contributed by atoms with Gasteiger partial charge in [-0.05, 0) is 24.6 Å². The molecule has 0 amide bonds. The molecule has 0 spiro atoms. The Morgan fingerprint density at radius 3 is 2.92 bits per heavy atom. The number of nitrogen functional groups attached to an aromatic ring is 1. The van der Waals surface area contributed by atoms with Crippen molar-refractivity contribution in [3.63, 3.8) is 0 Å². The summed E-state index contributed by atoms with van der Waals surface area (Å²) in [5.41, 5.74) is 8.25. The summed E-state index contributed by atoms with van der Waals surface area (Å²) in [6.45, 7) is 1.80. The van der Waals surface area contributed by atoms with Crippen LogP contribution in [0.3, 0.4) is 0 Å². The van der Waals surface area contributed by atoms with Gasteiger partial charge in [-0.3, -0.25) is 0 Å². The van der Waals surface area contributed by atoms with Gasteiger partial charge in [0.05, 0.1) is 0 Å². The first-order chi connectivity index (χ1) is 5.75. The first-order valence-electron chi connectivity index (χ1n) is 3.70. The summed E-state index contributed by atoms with van der Waals surface area (Å²) in [6, 6.07) is 5.57. The zero-order valence-corrected chi connectivity index (χ0v) is 6.96. The zero-order valence-electron chi connectivity index (χ0n) is 6.96. The van der Waals surface area contributed by atoms with Crippen molar-refractivity contribution in [1.82, 2.24) is 0 Å². The summed E-state index contributed by atoms with van der Waals surface area (Å²) >= 11 is 0. The van der Waals surface area contributed by atoms with Crippen molar-refractivity contribution < 1.29 is 5.11 Å². The minimum atomic E-state index is -0.117. The minimum absolute atomic E-state index is 0.117. The summed E-state index contributed by atoms with van der Waals surface area (Å²) in [4.78, 5) is 0. The molecule has 12 heavy (non-hydrogen) atoms. The molecule has 0 radical (unpaired) electrons. The second-order valence-corrected chi connectivity index (χ2v) is 2.48. The number of aliphatic hydroxyl groups excluding tert-OH is 1. The predicted molar refractivity (Wildman–Crippen MR) is 49.6 cm³/mol. The van der Waals surface area contributed by atoms with Crippen LogP contribution in [0.5, 0.6) is 0 Å². The van der Waals surface area contributed by atoms with E-state index < -0.39 is 0 Å². The highest BCUT2D eigenvalue weighted by Crippen LogP contribution is 2.13. The maximum Gasteiger partial charge on any atom is 0.104 e. The van der Waals surface area contributed by atoms with E-state index in [2.05, 4.69) is 11.8 Å². The third-order valence-electron chi connectivity index (χ3n) is 1.68. The van der Waals surface area contributed by atoms with Gasteiger partial charge in [0.2, 0.25) is 0 Å². The quantitative estimate of drug-likeness (QED) is 0.439. The highest BCUT2D eigenvalue weighted by Gasteiger charge is 1.96. The number of anilines is 1. The molecule has 0 aliphatic rings. The molecule has 1 aromatic carbocycles. The van der Waals surface area contributed by atoms with Crippen molar-refractivity contribution >= 4 is 5.69 Å². The van der Waals surface area contributed by atoms with Crippen LogP contribution in [0.25, 0.3) is 0 Å². The molecule has 0 fully saturated rings. The highest BCUT2D eigenvalue weighted by atomic mass is 16.2. The molecule has 0 bridgehead atoms.